The van der Waals surface area contributed by atoms with E-state index in [2.05, 4.69) is 92.7 Å². The summed E-state index contributed by atoms with van der Waals surface area (Å²) >= 11 is 1.90. The highest BCUT2D eigenvalue weighted by Crippen LogP contribution is 2.27. The minimum absolute atomic E-state index is 0.990. The molecule has 1 heteroatoms. The van der Waals surface area contributed by atoms with E-state index < -0.39 is 0 Å². The Kier molecular flexibility index (Phi) is 5.55. The lowest BCUT2D eigenvalue weighted by Gasteiger charge is -2.10. The molecule has 0 aliphatic carbocycles. The first-order valence-corrected chi connectivity index (χ1v) is 9.22. The van der Waals surface area contributed by atoms with E-state index >= 15 is 0 Å². The SMILES string of the molecule is Cc1ccc(SCc2c(C)cccc2/C=C/c2ccccc2)cc1. The molecule has 0 aliphatic rings. The molecule has 0 atom stereocenters. The number of hydrogen-bond acceptors (Lipinski definition) is 1. The summed E-state index contributed by atoms with van der Waals surface area (Å²) in [5.41, 5.74) is 6.61. The molecular formula is C23H22S. The van der Waals surface area contributed by atoms with Crippen LogP contribution in [0.2, 0.25) is 0 Å². The van der Waals surface area contributed by atoms with Gasteiger partial charge in [-0.15, -0.1) is 11.8 Å². The van der Waals surface area contributed by atoms with Gasteiger partial charge < -0.3 is 0 Å². The van der Waals surface area contributed by atoms with Gasteiger partial charge in [0.15, 0.2) is 0 Å². The molecule has 3 aromatic rings. The summed E-state index contributed by atoms with van der Waals surface area (Å²) in [6, 6.07) is 25.8. The molecule has 0 saturated carbocycles. The van der Waals surface area contributed by atoms with E-state index in [0.717, 1.165) is 5.75 Å². The highest BCUT2D eigenvalue weighted by molar-refractivity contribution is 7.98. The molecule has 0 unspecified atom stereocenters. The third-order valence-corrected chi connectivity index (χ3v) is 5.14. The first-order valence-electron chi connectivity index (χ1n) is 8.23. The Bertz CT molecular complexity index is 814. The van der Waals surface area contributed by atoms with Crippen molar-refractivity contribution in [3.8, 4) is 0 Å². The molecule has 0 bridgehead atoms. The molecule has 24 heavy (non-hydrogen) atoms. The lowest BCUT2D eigenvalue weighted by Crippen LogP contribution is -1.91. The molecule has 0 spiro atoms. The predicted octanol–water partition coefficient (Wildman–Crippen LogP) is 6.77. The lowest BCUT2D eigenvalue weighted by molar-refractivity contribution is 1.28. The van der Waals surface area contributed by atoms with Crippen LogP contribution in [-0.4, -0.2) is 0 Å². The second-order valence-electron chi connectivity index (χ2n) is 5.99. The molecule has 120 valence electrons. The fourth-order valence-electron chi connectivity index (χ4n) is 2.62. The van der Waals surface area contributed by atoms with Gasteiger partial charge in [0, 0.05) is 10.6 Å². The number of benzene rings is 3. The van der Waals surface area contributed by atoms with Crippen molar-refractivity contribution in [2.45, 2.75) is 24.5 Å². The Morgan fingerprint density at radius 3 is 2.25 bits per heavy atom. The largest absolute Gasteiger partial charge is 0.121 e. The quantitative estimate of drug-likeness (QED) is 0.367. The van der Waals surface area contributed by atoms with Crippen molar-refractivity contribution in [3.05, 3.63) is 101 Å². The van der Waals surface area contributed by atoms with Gasteiger partial charge in [-0.2, -0.15) is 0 Å². The van der Waals surface area contributed by atoms with E-state index in [4.69, 9.17) is 0 Å². The van der Waals surface area contributed by atoms with Crippen molar-refractivity contribution in [2.24, 2.45) is 0 Å². The Morgan fingerprint density at radius 1 is 0.750 bits per heavy atom. The van der Waals surface area contributed by atoms with E-state index in [0.29, 0.717) is 0 Å². The zero-order valence-corrected chi connectivity index (χ0v) is 15.0. The van der Waals surface area contributed by atoms with Crippen molar-refractivity contribution in [3.63, 3.8) is 0 Å². The molecule has 0 aromatic heterocycles. The summed E-state index contributed by atoms with van der Waals surface area (Å²) in [5.74, 6) is 0.990. The van der Waals surface area contributed by atoms with Gasteiger partial charge in [-0.25, -0.2) is 0 Å². The van der Waals surface area contributed by atoms with E-state index in [1.165, 1.54) is 32.7 Å². The van der Waals surface area contributed by atoms with Crippen LogP contribution in [0.25, 0.3) is 12.2 Å². The summed E-state index contributed by atoms with van der Waals surface area (Å²) in [5, 5.41) is 0. The van der Waals surface area contributed by atoms with Crippen LogP contribution in [0.5, 0.6) is 0 Å². The van der Waals surface area contributed by atoms with Crippen LogP contribution >= 0.6 is 11.8 Å². The van der Waals surface area contributed by atoms with Crippen LogP contribution in [0, 0.1) is 13.8 Å². The lowest BCUT2D eigenvalue weighted by atomic mass is 10.0. The van der Waals surface area contributed by atoms with Gasteiger partial charge in [0.05, 0.1) is 0 Å². The van der Waals surface area contributed by atoms with Crippen LogP contribution in [0.15, 0.2) is 77.7 Å². The molecule has 0 aliphatic heterocycles. The minimum Gasteiger partial charge on any atom is -0.121 e. The highest BCUT2D eigenvalue weighted by atomic mass is 32.2. The van der Waals surface area contributed by atoms with E-state index in [1.807, 2.05) is 17.8 Å². The Balaban J connectivity index is 1.79. The molecule has 0 saturated heterocycles. The van der Waals surface area contributed by atoms with Gasteiger partial charge in [-0.1, -0.05) is 78.4 Å². The van der Waals surface area contributed by atoms with E-state index in [-0.39, 0.29) is 0 Å². The highest BCUT2D eigenvalue weighted by Gasteiger charge is 2.04. The van der Waals surface area contributed by atoms with Crippen molar-refractivity contribution in [1.29, 1.82) is 0 Å². The average molecular weight is 330 g/mol. The fourth-order valence-corrected chi connectivity index (χ4v) is 3.65. The van der Waals surface area contributed by atoms with Crippen LogP contribution in [-0.2, 0) is 5.75 Å². The van der Waals surface area contributed by atoms with Gasteiger partial charge in [0.25, 0.3) is 0 Å². The van der Waals surface area contributed by atoms with Gasteiger partial charge >= 0.3 is 0 Å². The van der Waals surface area contributed by atoms with Crippen LogP contribution in [0.3, 0.4) is 0 Å². The van der Waals surface area contributed by atoms with E-state index in [9.17, 15) is 0 Å². The second-order valence-corrected chi connectivity index (χ2v) is 7.04. The number of thioether (sulfide) groups is 1. The van der Waals surface area contributed by atoms with Crippen molar-refractivity contribution in [1.82, 2.24) is 0 Å². The van der Waals surface area contributed by atoms with Crippen LogP contribution in [0.1, 0.15) is 27.8 Å². The number of rotatable bonds is 5. The molecule has 0 N–H and O–H groups in total. The summed E-state index contributed by atoms with van der Waals surface area (Å²) in [4.78, 5) is 1.32. The summed E-state index contributed by atoms with van der Waals surface area (Å²) in [6.45, 7) is 4.33. The maximum Gasteiger partial charge on any atom is 0.0240 e. The molecule has 3 aromatic carbocycles. The molecule has 0 fully saturated rings. The molecule has 0 amide bonds. The standard InChI is InChI=1S/C23H22S/c1-18-11-15-22(16-12-18)24-17-23-19(2)7-6-10-21(23)14-13-20-8-4-3-5-9-20/h3-16H,17H2,1-2H3/b14-13+. The third-order valence-electron chi connectivity index (χ3n) is 4.11. The molecular weight excluding hydrogens is 308 g/mol. The van der Waals surface area contributed by atoms with Crippen molar-refractivity contribution in [2.75, 3.05) is 0 Å². The summed E-state index contributed by atoms with van der Waals surface area (Å²) < 4.78 is 0. The number of aryl methyl sites for hydroxylation is 2. The smallest absolute Gasteiger partial charge is 0.0240 e. The zero-order chi connectivity index (χ0) is 16.8. The van der Waals surface area contributed by atoms with Gasteiger partial charge in [-0.05, 0) is 48.2 Å². The third kappa shape index (κ3) is 4.39. The zero-order valence-electron chi connectivity index (χ0n) is 14.2. The van der Waals surface area contributed by atoms with Crippen LogP contribution in [0.4, 0.5) is 0 Å². The number of hydrogen-bond donors (Lipinski definition) is 0. The monoisotopic (exact) mass is 330 g/mol. The normalized spacial score (nSPS) is 11.1. The van der Waals surface area contributed by atoms with Gasteiger partial charge in [-0.3, -0.25) is 0 Å². The van der Waals surface area contributed by atoms with Crippen molar-refractivity contribution >= 4 is 23.9 Å². The van der Waals surface area contributed by atoms with E-state index in [1.54, 1.807) is 0 Å². The molecule has 0 nitrogen and oxygen atoms in total. The predicted molar refractivity (Wildman–Crippen MR) is 107 cm³/mol. The topological polar surface area (TPSA) is 0 Å². The molecule has 0 radical (unpaired) electrons. The van der Waals surface area contributed by atoms with Crippen molar-refractivity contribution < 1.29 is 0 Å². The van der Waals surface area contributed by atoms with Gasteiger partial charge in [0.2, 0.25) is 0 Å². The Morgan fingerprint density at radius 2 is 1.50 bits per heavy atom. The fraction of sp³-hybridized carbons (Fsp3) is 0.130. The first-order chi connectivity index (χ1) is 11.7. The summed E-state index contributed by atoms with van der Waals surface area (Å²) in [7, 11) is 0. The molecule has 3 rings (SSSR count). The average Bonchev–Trinajstić information content (AvgIpc) is 2.61. The maximum atomic E-state index is 2.23. The Labute approximate surface area is 149 Å². The first kappa shape index (κ1) is 16.6. The second kappa shape index (κ2) is 8.03. The Hall–Kier alpha value is -2.25. The van der Waals surface area contributed by atoms with Crippen LogP contribution < -0.4 is 0 Å². The summed E-state index contributed by atoms with van der Waals surface area (Å²) in [6.07, 6.45) is 4.42. The maximum absolute atomic E-state index is 2.23. The van der Waals surface area contributed by atoms with Gasteiger partial charge in [0.1, 0.15) is 0 Å². The minimum atomic E-state index is 0.990. The molecule has 0 heterocycles.